The lowest BCUT2D eigenvalue weighted by atomic mass is 10.2. The molecule has 0 atom stereocenters. The summed E-state index contributed by atoms with van der Waals surface area (Å²) in [6, 6.07) is 0. The predicted octanol–water partition coefficient (Wildman–Crippen LogP) is 2.73. The highest BCUT2D eigenvalue weighted by Crippen LogP contribution is 2.44. The van der Waals surface area contributed by atoms with Gasteiger partial charge in [-0.1, -0.05) is 0 Å². The van der Waals surface area contributed by atoms with E-state index >= 15 is 0 Å². The number of rotatable bonds is 3. The topological polar surface area (TPSA) is 26.0 Å². The number of nitrogens with two attached hydrogens (primary N) is 1. The molecule has 0 unspecified atom stereocenters. The molecule has 0 aromatic carbocycles. The van der Waals surface area contributed by atoms with Gasteiger partial charge in [0.25, 0.3) is 0 Å². The fourth-order valence-electron chi connectivity index (χ4n) is 1.24. The molecule has 0 aliphatic carbocycles. The Bertz CT molecular complexity index is 116. The third kappa shape index (κ3) is 4.26. The van der Waals surface area contributed by atoms with E-state index in [0.717, 1.165) is 6.54 Å². The Labute approximate surface area is 90.0 Å². The summed E-state index contributed by atoms with van der Waals surface area (Å²) in [7, 11) is 0. The first kappa shape index (κ1) is 12.9. The van der Waals surface area contributed by atoms with Gasteiger partial charge in [0, 0.05) is 0 Å². The molecule has 1 fully saturated rings. The van der Waals surface area contributed by atoms with Gasteiger partial charge in [-0.15, -0.1) is 35.9 Å². The Morgan fingerprint density at radius 2 is 1.92 bits per heavy atom. The zero-order chi connectivity index (χ0) is 8.16. The van der Waals surface area contributed by atoms with Crippen molar-refractivity contribution in [3.63, 3.8) is 0 Å². The molecule has 1 aliphatic heterocycles. The lowest BCUT2D eigenvalue weighted by Gasteiger charge is -2.32. The molecule has 1 saturated heterocycles. The SMILES string of the molecule is CC1(CCCN)SCCCS1.Cl. The second kappa shape index (κ2) is 6.41. The number of thioether (sulfide) groups is 2. The first-order valence-electron chi connectivity index (χ1n) is 4.25. The van der Waals surface area contributed by atoms with Gasteiger partial charge in [-0.2, -0.15) is 0 Å². The maximum absolute atomic E-state index is 5.49. The van der Waals surface area contributed by atoms with Gasteiger partial charge in [0.2, 0.25) is 0 Å². The second-order valence-corrected chi connectivity index (χ2v) is 6.53. The van der Waals surface area contributed by atoms with Gasteiger partial charge in [0.05, 0.1) is 4.08 Å². The largest absolute Gasteiger partial charge is 0.330 e. The molecule has 1 heterocycles. The van der Waals surface area contributed by atoms with Gasteiger partial charge in [-0.3, -0.25) is 0 Å². The van der Waals surface area contributed by atoms with E-state index < -0.39 is 0 Å². The lowest BCUT2D eigenvalue weighted by molar-refractivity contribution is 0.703. The van der Waals surface area contributed by atoms with Crippen molar-refractivity contribution >= 4 is 35.9 Å². The maximum Gasteiger partial charge on any atom is 0.0583 e. The van der Waals surface area contributed by atoms with E-state index in [1.807, 2.05) is 0 Å². The van der Waals surface area contributed by atoms with Crippen LogP contribution in [0.25, 0.3) is 0 Å². The van der Waals surface area contributed by atoms with E-state index in [1.54, 1.807) is 0 Å². The highest BCUT2D eigenvalue weighted by molar-refractivity contribution is 8.18. The summed E-state index contributed by atoms with van der Waals surface area (Å²) in [6.45, 7) is 3.20. The van der Waals surface area contributed by atoms with E-state index in [4.69, 9.17) is 5.73 Å². The zero-order valence-electron chi connectivity index (χ0n) is 7.54. The summed E-state index contributed by atoms with van der Waals surface area (Å²) in [6.07, 6.45) is 3.84. The first-order valence-corrected chi connectivity index (χ1v) is 6.22. The van der Waals surface area contributed by atoms with Crippen LogP contribution in [0.3, 0.4) is 0 Å². The van der Waals surface area contributed by atoms with E-state index in [2.05, 4.69) is 30.4 Å². The molecule has 1 nitrogen and oxygen atoms in total. The van der Waals surface area contributed by atoms with E-state index in [9.17, 15) is 0 Å². The van der Waals surface area contributed by atoms with Crippen molar-refractivity contribution in [2.24, 2.45) is 5.73 Å². The first-order chi connectivity index (χ1) is 5.27. The van der Waals surface area contributed by atoms with Crippen LogP contribution in [0.2, 0.25) is 0 Å². The van der Waals surface area contributed by atoms with Crippen molar-refractivity contribution in [1.82, 2.24) is 0 Å². The standard InChI is InChI=1S/C8H17NS2.ClH/c1-8(4-2-5-9)10-6-3-7-11-8;/h2-7,9H2,1H3;1H. The molecular formula is C8H18ClNS2. The average molecular weight is 228 g/mol. The number of hydrogen-bond acceptors (Lipinski definition) is 3. The summed E-state index contributed by atoms with van der Waals surface area (Å²) < 4.78 is 0.484. The normalized spacial score (nSPS) is 21.5. The molecule has 0 bridgehead atoms. The van der Waals surface area contributed by atoms with Crippen LogP contribution in [0.15, 0.2) is 0 Å². The monoisotopic (exact) mass is 227 g/mol. The van der Waals surface area contributed by atoms with Gasteiger partial charge in [-0.25, -0.2) is 0 Å². The summed E-state index contributed by atoms with van der Waals surface area (Å²) in [4.78, 5) is 0. The molecule has 0 aromatic rings. The molecule has 12 heavy (non-hydrogen) atoms. The number of hydrogen-bond donors (Lipinski definition) is 1. The minimum absolute atomic E-state index is 0. The van der Waals surface area contributed by atoms with Crippen molar-refractivity contribution in [1.29, 1.82) is 0 Å². The summed E-state index contributed by atoms with van der Waals surface area (Å²) in [5, 5.41) is 0. The Morgan fingerprint density at radius 3 is 2.42 bits per heavy atom. The molecule has 1 aliphatic rings. The highest BCUT2D eigenvalue weighted by atomic mass is 35.5. The van der Waals surface area contributed by atoms with Crippen molar-refractivity contribution in [3.05, 3.63) is 0 Å². The van der Waals surface area contributed by atoms with Gasteiger partial charge in [-0.05, 0) is 44.2 Å². The quantitative estimate of drug-likeness (QED) is 0.803. The van der Waals surface area contributed by atoms with Gasteiger partial charge in [0.15, 0.2) is 0 Å². The van der Waals surface area contributed by atoms with Crippen LogP contribution in [-0.4, -0.2) is 22.1 Å². The molecule has 0 spiro atoms. The van der Waals surface area contributed by atoms with Crippen LogP contribution in [0.1, 0.15) is 26.2 Å². The van der Waals surface area contributed by atoms with Gasteiger partial charge < -0.3 is 5.73 Å². The van der Waals surface area contributed by atoms with Crippen molar-refractivity contribution < 1.29 is 0 Å². The Kier molecular flexibility index (Phi) is 6.92. The fourth-order valence-corrected chi connectivity index (χ4v) is 4.28. The second-order valence-electron chi connectivity index (χ2n) is 3.08. The molecule has 0 radical (unpaired) electrons. The average Bonchev–Trinajstić information content (AvgIpc) is 2.03. The maximum atomic E-state index is 5.49. The molecule has 1 rings (SSSR count). The molecule has 4 heteroatoms. The van der Waals surface area contributed by atoms with Crippen LogP contribution in [0, 0.1) is 0 Å². The van der Waals surface area contributed by atoms with E-state index in [-0.39, 0.29) is 12.4 Å². The lowest BCUT2D eigenvalue weighted by Crippen LogP contribution is -2.21. The van der Waals surface area contributed by atoms with Crippen molar-refractivity contribution in [3.8, 4) is 0 Å². The van der Waals surface area contributed by atoms with Crippen LogP contribution in [0.4, 0.5) is 0 Å². The molecule has 74 valence electrons. The van der Waals surface area contributed by atoms with Crippen LogP contribution in [0.5, 0.6) is 0 Å². The van der Waals surface area contributed by atoms with Crippen LogP contribution < -0.4 is 5.73 Å². The molecule has 0 amide bonds. The Balaban J connectivity index is 0.00000121. The molecule has 0 aromatic heterocycles. The van der Waals surface area contributed by atoms with Crippen molar-refractivity contribution in [2.75, 3.05) is 18.1 Å². The smallest absolute Gasteiger partial charge is 0.0583 e. The highest BCUT2D eigenvalue weighted by Gasteiger charge is 2.27. The molecular weight excluding hydrogens is 210 g/mol. The summed E-state index contributed by atoms with van der Waals surface area (Å²) in [5.74, 6) is 2.68. The van der Waals surface area contributed by atoms with Crippen LogP contribution in [-0.2, 0) is 0 Å². The van der Waals surface area contributed by atoms with Crippen molar-refractivity contribution in [2.45, 2.75) is 30.3 Å². The van der Waals surface area contributed by atoms with E-state index in [0.29, 0.717) is 4.08 Å². The summed E-state index contributed by atoms with van der Waals surface area (Å²) >= 11 is 4.23. The molecule has 0 saturated carbocycles. The fraction of sp³-hybridized carbons (Fsp3) is 1.00. The third-order valence-corrected chi connectivity index (χ3v) is 5.26. The van der Waals surface area contributed by atoms with Crippen LogP contribution >= 0.6 is 35.9 Å². The van der Waals surface area contributed by atoms with Gasteiger partial charge in [0.1, 0.15) is 0 Å². The minimum atomic E-state index is 0. The third-order valence-electron chi connectivity index (χ3n) is 1.94. The van der Waals surface area contributed by atoms with E-state index in [1.165, 1.54) is 30.8 Å². The number of halogens is 1. The van der Waals surface area contributed by atoms with Gasteiger partial charge >= 0.3 is 0 Å². The molecule has 2 N–H and O–H groups in total. The summed E-state index contributed by atoms with van der Waals surface area (Å²) in [5.41, 5.74) is 5.49. The zero-order valence-corrected chi connectivity index (χ0v) is 9.99. The Hall–Kier alpha value is 0.950. The predicted molar refractivity (Wildman–Crippen MR) is 63.5 cm³/mol. The Morgan fingerprint density at radius 1 is 1.33 bits per heavy atom. The minimum Gasteiger partial charge on any atom is -0.330 e.